The molecule has 0 heterocycles. The van der Waals surface area contributed by atoms with Crippen LogP contribution >= 0.6 is 0 Å². The summed E-state index contributed by atoms with van der Waals surface area (Å²) in [5, 5.41) is 8.52. The van der Waals surface area contributed by atoms with Crippen LogP contribution in [0.15, 0.2) is 48.5 Å². The van der Waals surface area contributed by atoms with Crippen LogP contribution in [0, 0.1) is 25.1 Å². The molecule has 0 saturated carbocycles. The molecule has 0 saturated heterocycles. The maximum Gasteiger partial charge on any atom is -0.288 e. The molecule has 140 valence electrons. The third-order valence-corrected chi connectivity index (χ3v) is 2.37. The second-order valence-electron chi connectivity index (χ2n) is 4.13. The van der Waals surface area contributed by atoms with Gasteiger partial charge in [-0.15, -0.1) is 5.56 Å². The second kappa shape index (κ2) is 30.0. The van der Waals surface area contributed by atoms with Crippen molar-refractivity contribution >= 4 is 0 Å². The summed E-state index contributed by atoms with van der Waals surface area (Å²) in [5.41, 5.74) is 0.934. The number of rotatable bonds is 4. The van der Waals surface area contributed by atoms with Gasteiger partial charge in [-0.1, -0.05) is 26.2 Å². The molecule has 0 aromatic heterocycles. The molecule has 0 atom stereocenters. The number of benzene rings is 2. The Bertz CT molecular complexity index is 381. The average molecular weight is 418 g/mol. The summed E-state index contributed by atoms with van der Waals surface area (Å²) >= 11 is 4.62. The van der Waals surface area contributed by atoms with Crippen molar-refractivity contribution in [3.8, 4) is 0 Å². The summed E-state index contributed by atoms with van der Waals surface area (Å²) in [4.78, 5) is 0. The van der Waals surface area contributed by atoms with E-state index in [1.807, 2.05) is 36.4 Å². The molecule has 2 aromatic carbocycles. The molecule has 24 heavy (non-hydrogen) atoms. The number of hydrogen-bond donors (Lipinski definition) is 1. The van der Waals surface area contributed by atoms with Gasteiger partial charge in [0, 0.05) is 6.61 Å². The van der Waals surface area contributed by atoms with E-state index in [0.29, 0.717) is 0 Å². The maximum absolute atomic E-state index is 8.52. The van der Waals surface area contributed by atoms with Crippen molar-refractivity contribution in [2.45, 2.75) is 39.2 Å². The summed E-state index contributed by atoms with van der Waals surface area (Å²) in [5.74, 6) is 0. The van der Waals surface area contributed by atoms with Crippen molar-refractivity contribution < 1.29 is 44.2 Å². The average Bonchev–Trinajstić information content (AvgIpc) is 2.72. The number of hydrogen-bond acceptors (Lipinski definition) is 3. The quantitative estimate of drug-likeness (QED) is 0.591. The van der Waals surface area contributed by atoms with E-state index in [1.54, 1.807) is 12.1 Å². The standard InChI is InChI=1S/C7H7O.C6H4.C6H13.2Co.2O/c8-6-7-4-2-1-3-5-7;1-2-4-6-5-3-1;1-3-5-6-4-2;;;;/h2-5,8H,6H2;1-2,5-6H;1,3-6H2,2H3;;;;/q-1;-2;-1;;;;. The van der Waals surface area contributed by atoms with Crippen LogP contribution in [0.25, 0.3) is 0 Å². The fraction of sp³-hybridized carbons (Fsp3) is 0.316. The van der Waals surface area contributed by atoms with E-state index < -0.39 is 0 Å². The van der Waals surface area contributed by atoms with E-state index in [-0.39, 0.29) is 6.61 Å². The molecule has 0 radical (unpaired) electrons. The van der Waals surface area contributed by atoms with Gasteiger partial charge in [0.25, 0.3) is 0 Å². The molecule has 0 aliphatic carbocycles. The smallest absolute Gasteiger partial charge is 0.288 e. The van der Waals surface area contributed by atoms with Gasteiger partial charge in [0.2, 0.25) is 0 Å². The van der Waals surface area contributed by atoms with Crippen molar-refractivity contribution in [3.05, 3.63) is 79.2 Å². The Balaban J connectivity index is -0.000000252. The molecule has 5 heteroatoms. The van der Waals surface area contributed by atoms with Crippen molar-refractivity contribution in [2.24, 2.45) is 0 Å². The molecule has 0 bridgehead atoms. The zero-order valence-electron chi connectivity index (χ0n) is 13.8. The zero-order valence-corrected chi connectivity index (χ0v) is 15.9. The summed E-state index contributed by atoms with van der Waals surface area (Å²) < 4.78 is 15.9. The zero-order chi connectivity index (χ0) is 18.9. The van der Waals surface area contributed by atoms with Crippen LogP contribution < -0.4 is 0 Å². The Morgan fingerprint density at radius 3 is 1.50 bits per heavy atom. The molecule has 2 rings (SSSR count). The predicted octanol–water partition coefficient (Wildman–Crippen LogP) is 4.42. The van der Waals surface area contributed by atoms with Gasteiger partial charge >= 0.3 is 39.1 Å². The number of aliphatic hydroxyl groups excluding tert-OH is 1. The van der Waals surface area contributed by atoms with Crippen LogP contribution in [0.4, 0.5) is 0 Å². The van der Waals surface area contributed by atoms with Gasteiger partial charge in [-0.2, -0.15) is 36.8 Å². The molecule has 0 amide bonds. The summed E-state index contributed by atoms with van der Waals surface area (Å²) in [6.45, 7) is 6.05. The first-order chi connectivity index (χ1) is 11.8. The van der Waals surface area contributed by atoms with Crippen LogP contribution in [-0.2, 0) is 45.7 Å². The van der Waals surface area contributed by atoms with Crippen LogP contribution in [0.3, 0.4) is 0 Å². The largest absolute Gasteiger partial charge is 0.319 e. The Labute approximate surface area is 162 Å². The van der Waals surface area contributed by atoms with Gasteiger partial charge in [0.05, 0.1) is 0 Å². The Morgan fingerprint density at radius 1 is 0.875 bits per heavy atom. The topological polar surface area (TPSA) is 54.4 Å². The van der Waals surface area contributed by atoms with E-state index in [2.05, 4.69) is 63.4 Å². The molecule has 1 N–H and O–H groups in total. The van der Waals surface area contributed by atoms with E-state index in [0.717, 1.165) is 12.0 Å². The van der Waals surface area contributed by atoms with Crippen molar-refractivity contribution in [3.63, 3.8) is 0 Å². The first-order valence-electron chi connectivity index (χ1n) is 7.29. The molecule has 0 aliphatic heterocycles. The maximum atomic E-state index is 8.52. The third-order valence-electron chi connectivity index (χ3n) is 2.37. The number of unbranched alkanes of at least 4 members (excludes halogenated alkanes) is 3. The minimum Gasteiger partial charge on any atom is -0.319 e. The van der Waals surface area contributed by atoms with Crippen LogP contribution in [0.2, 0.25) is 0 Å². The molecule has 0 fully saturated rings. The Kier molecular flexibility index (Phi) is 34.8. The van der Waals surface area contributed by atoms with E-state index in [9.17, 15) is 0 Å². The van der Waals surface area contributed by atoms with Gasteiger partial charge in [0.1, 0.15) is 0 Å². The van der Waals surface area contributed by atoms with Crippen LogP contribution in [0.1, 0.15) is 38.2 Å². The number of aliphatic hydroxyl groups is 1. The summed E-state index contributed by atoms with van der Waals surface area (Å²) in [7, 11) is 0. The first-order valence-corrected chi connectivity index (χ1v) is 8.14. The first kappa shape index (κ1) is 27.8. The normalized spacial score (nSPS) is 7.71. The van der Waals surface area contributed by atoms with E-state index in [4.69, 9.17) is 12.8 Å². The molecule has 0 aliphatic rings. The molecule has 0 unspecified atom stereocenters. The molecule has 3 nitrogen and oxygen atoms in total. The van der Waals surface area contributed by atoms with E-state index in [1.165, 1.54) is 19.3 Å². The molecular formula is C19H24Co2O3-4. The molecular weight excluding hydrogens is 394 g/mol. The Morgan fingerprint density at radius 2 is 1.29 bits per heavy atom. The molecule has 2 aromatic rings. The van der Waals surface area contributed by atoms with Crippen LogP contribution in [0.5, 0.6) is 0 Å². The Hall–Kier alpha value is -0.987. The van der Waals surface area contributed by atoms with Gasteiger partial charge in [-0.25, -0.2) is 0 Å². The van der Waals surface area contributed by atoms with Gasteiger partial charge in [-0.05, 0) is 0 Å². The minimum absolute atomic E-state index is 0.120. The fourth-order valence-electron chi connectivity index (χ4n) is 1.26. The second-order valence-corrected chi connectivity index (χ2v) is 4.13. The monoisotopic (exact) mass is 418 g/mol. The van der Waals surface area contributed by atoms with Gasteiger partial charge in [0.15, 0.2) is 0 Å². The third kappa shape index (κ3) is 25.9. The van der Waals surface area contributed by atoms with Crippen LogP contribution in [-0.4, -0.2) is 5.11 Å². The molecule has 0 spiro atoms. The minimum atomic E-state index is 0.120. The predicted molar refractivity (Wildman–Crippen MR) is 86.2 cm³/mol. The van der Waals surface area contributed by atoms with Gasteiger partial charge < -0.3 is 24.2 Å². The van der Waals surface area contributed by atoms with Crippen molar-refractivity contribution in [1.29, 1.82) is 0 Å². The van der Waals surface area contributed by atoms with Gasteiger partial charge in [-0.3, -0.25) is 24.3 Å². The summed E-state index contributed by atoms with van der Waals surface area (Å²) in [6.07, 6.45) is 5.07. The fourth-order valence-corrected chi connectivity index (χ4v) is 1.26. The van der Waals surface area contributed by atoms with Crippen molar-refractivity contribution in [1.82, 2.24) is 0 Å². The SMILES string of the molecule is OCc1cc[c-]cc1.[CH2-]CCCCC.[O]=[Co].[O]=[Co].[c-]1cc[c-]cc1. The van der Waals surface area contributed by atoms with Crippen molar-refractivity contribution in [2.75, 3.05) is 0 Å². The van der Waals surface area contributed by atoms with E-state index >= 15 is 0 Å². The summed E-state index contributed by atoms with van der Waals surface area (Å²) in [6, 6.07) is 23.1.